The highest BCUT2D eigenvalue weighted by molar-refractivity contribution is 7.27. The second-order valence-electron chi connectivity index (χ2n) is 8.81. The molecule has 1 atom stereocenters. The minimum Gasteiger partial charge on any atom is -0.429 e. The van der Waals surface area contributed by atoms with Crippen LogP contribution in [0.25, 0.3) is 11.1 Å². The molecule has 0 N–H and O–H groups in total. The molecular formula is C26H23F6OP. The molecule has 1 unspecified atom stereocenters. The maximum Gasteiger partial charge on any atom is 0.432 e. The molecule has 1 aliphatic carbocycles. The second kappa shape index (κ2) is 9.61. The highest BCUT2D eigenvalue weighted by atomic mass is 31.0. The van der Waals surface area contributed by atoms with Gasteiger partial charge in [0.15, 0.2) is 0 Å². The van der Waals surface area contributed by atoms with E-state index >= 15 is 0 Å². The number of alkyl halides is 2. The van der Waals surface area contributed by atoms with Gasteiger partial charge in [0.1, 0.15) is 34.6 Å². The first-order valence-corrected chi connectivity index (χ1v) is 11.5. The summed E-state index contributed by atoms with van der Waals surface area (Å²) in [5.41, 5.74) is 0.0635. The minimum atomic E-state index is -4.50. The maximum atomic E-state index is 14.7. The number of hydrogen-bond acceptors (Lipinski definition) is 1. The summed E-state index contributed by atoms with van der Waals surface area (Å²) in [6, 6.07) is 9.83. The molecule has 1 aliphatic rings. The summed E-state index contributed by atoms with van der Waals surface area (Å²) in [5, 5.41) is -0.471. The van der Waals surface area contributed by atoms with Crippen molar-refractivity contribution in [2.75, 3.05) is 0 Å². The van der Waals surface area contributed by atoms with Crippen molar-refractivity contribution in [3.05, 3.63) is 82.9 Å². The van der Waals surface area contributed by atoms with Crippen LogP contribution < -0.4 is 10.0 Å². The maximum absolute atomic E-state index is 14.7. The lowest BCUT2D eigenvalue weighted by atomic mass is 9.79. The molecule has 0 aliphatic heterocycles. The third-order valence-electron chi connectivity index (χ3n) is 6.36. The van der Waals surface area contributed by atoms with Crippen LogP contribution in [0.5, 0.6) is 5.75 Å². The molecule has 3 aromatic carbocycles. The smallest absolute Gasteiger partial charge is 0.429 e. The number of benzene rings is 3. The monoisotopic (exact) mass is 496 g/mol. The molecule has 0 heterocycles. The van der Waals surface area contributed by atoms with Crippen LogP contribution in [0.2, 0.25) is 0 Å². The highest BCUT2D eigenvalue weighted by Gasteiger charge is 2.41. The predicted octanol–water partition coefficient (Wildman–Crippen LogP) is 7.83. The lowest BCUT2D eigenvalue weighted by Gasteiger charge is -2.26. The molecule has 8 heteroatoms. The Bertz CT molecular complexity index is 1140. The normalized spacial score (nSPS) is 18.7. The van der Waals surface area contributed by atoms with Gasteiger partial charge in [0.25, 0.3) is 0 Å². The molecule has 0 saturated heterocycles. The van der Waals surface area contributed by atoms with Gasteiger partial charge in [-0.15, -0.1) is 0 Å². The average Bonchev–Trinajstić information content (AvgIpc) is 2.77. The lowest BCUT2D eigenvalue weighted by molar-refractivity contribution is -0.189. The topological polar surface area (TPSA) is 9.23 Å². The van der Waals surface area contributed by atoms with Crippen molar-refractivity contribution in [1.82, 2.24) is 0 Å². The van der Waals surface area contributed by atoms with Crippen molar-refractivity contribution >= 4 is 14.5 Å². The molecule has 0 radical (unpaired) electrons. The molecule has 0 aromatic heterocycles. The Hall–Kier alpha value is -2.53. The van der Waals surface area contributed by atoms with E-state index in [1.54, 1.807) is 21.4 Å². The van der Waals surface area contributed by atoms with Gasteiger partial charge in [0.2, 0.25) is 0 Å². The van der Waals surface area contributed by atoms with Gasteiger partial charge >= 0.3 is 6.11 Å². The first kappa shape index (κ1) is 24.6. The van der Waals surface area contributed by atoms with Crippen LogP contribution in [-0.2, 0) is 6.11 Å². The third-order valence-corrected chi connectivity index (χ3v) is 6.91. The van der Waals surface area contributed by atoms with E-state index in [0.717, 1.165) is 43.4 Å². The van der Waals surface area contributed by atoms with Crippen molar-refractivity contribution < 1.29 is 31.1 Å². The largest absolute Gasteiger partial charge is 0.432 e. The highest BCUT2D eigenvalue weighted by Crippen LogP contribution is 2.39. The van der Waals surface area contributed by atoms with E-state index in [1.165, 1.54) is 0 Å². The van der Waals surface area contributed by atoms with E-state index in [0.29, 0.717) is 29.5 Å². The van der Waals surface area contributed by atoms with E-state index in [2.05, 4.69) is 11.7 Å². The Labute approximate surface area is 196 Å². The van der Waals surface area contributed by atoms with E-state index in [1.807, 2.05) is 12.1 Å². The van der Waals surface area contributed by atoms with E-state index in [4.69, 9.17) is 0 Å². The molecule has 0 amide bonds. The van der Waals surface area contributed by atoms with Gasteiger partial charge in [-0.2, -0.15) is 8.78 Å². The van der Waals surface area contributed by atoms with Crippen LogP contribution in [0, 0.1) is 29.2 Å². The Balaban J connectivity index is 1.58. The molecule has 34 heavy (non-hydrogen) atoms. The quantitative estimate of drug-likeness (QED) is 0.258. The van der Waals surface area contributed by atoms with Crippen LogP contribution >= 0.6 is 9.24 Å². The predicted molar refractivity (Wildman–Crippen MR) is 122 cm³/mol. The minimum absolute atomic E-state index is 0.0859. The molecule has 4 rings (SSSR count). The summed E-state index contributed by atoms with van der Waals surface area (Å²) in [7, 11) is 1.78. The van der Waals surface area contributed by atoms with Crippen molar-refractivity contribution in [3.63, 3.8) is 0 Å². The Morgan fingerprint density at radius 1 is 0.765 bits per heavy atom. The first-order valence-electron chi connectivity index (χ1n) is 11.0. The van der Waals surface area contributed by atoms with Gasteiger partial charge in [0, 0.05) is 17.4 Å². The van der Waals surface area contributed by atoms with Gasteiger partial charge in [0.05, 0.1) is 0 Å². The Morgan fingerprint density at radius 3 is 1.82 bits per heavy atom. The van der Waals surface area contributed by atoms with Crippen LogP contribution in [0.3, 0.4) is 0 Å². The molecule has 1 nitrogen and oxygen atoms in total. The summed E-state index contributed by atoms with van der Waals surface area (Å²) in [6.07, 6.45) is -0.0267. The summed E-state index contributed by atoms with van der Waals surface area (Å²) in [4.78, 5) is 0. The third kappa shape index (κ3) is 5.10. The fourth-order valence-corrected chi connectivity index (χ4v) is 4.54. The van der Waals surface area contributed by atoms with Crippen molar-refractivity contribution in [3.8, 4) is 16.9 Å². The van der Waals surface area contributed by atoms with Crippen LogP contribution in [0.4, 0.5) is 26.3 Å². The number of ether oxygens (including phenoxy) is 1. The number of hydrogen-bond donors (Lipinski definition) is 0. The summed E-state index contributed by atoms with van der Waals surface area (Å²) in [5.74, 6) is -5.13. The zero-order chi connectivity index (χ0) is 24.6. The molecule has 3 aromatic rings. The second-order valence-corrected chi connectivity index (χ2v) is 9.39. The molecule has 180 valence electrons. The van der Waals surface area contributed by atoms with Crippen molar-refractivity contribution in [1.29, 1.82) is 0 Å². The van der Waals surface area contributed by atoms with E-state index in [-0.39, 0.29) is 5.56 Å². The number of rotatable bonds is 5. The Kier molecular flexibility index (Phi) is 6.95. The van der Waals surface area contributed by atoms with Gasteiger partial charge in [-0.1, -0.05) is 53.3 Å². The van der Waals surface area contributed by atoms with Gasteiger partial charge in [-0.3, -0.25) is 0 Å². The van der Waals surface area contributed by atoms with Crippen molar-refractivity contribution in [2.24, 2.45) is 5.92 Å². The van der Waals surface area contributed by atoms with E-state index in [9.17, 15) is 26.3 Å². The standard InChI is InChI=1S/C26H23F6OP/c1-14-2-4-15(5-3-14)16-6-8-17(9-7-16)18-10-20(27)24(21(28)11-18)26(31,32)33-19-12-22(29)25(34)23(30)13-19/h6-15H,2-5,34H2,1H3. The van der Waals surface area contributed by atoms with Crippen LogP contribution in [0.1, 0.15) is 49.7 Å². The summed E-state index contributed by atoms with van der Waals surface area (Å²) in [6.45, 7) is 2.23. The van der Waals surface area contributed by atoms with Crippen molar-refractivity contribution in [2.45, 2.75) is 44.6 Å². The number of halogens is 6. The van der Waals surface area contributed by atoms with Gasteiger partial charge in [-0.25, -0.2) is 17.6 Å². The fourth-order valence-electron chi connectivity index (χ4n) is 4.38. The van der Waals surface area contributed by atoms with Gasteiger partial charge < -0.3 is 4.74 Å². The molecule has 0 spiro atoms. The first-order chi connectivity index (χ1) is 16.0. The lowest BCUT2D eigenvalue weighted by Crippen LogP contribution is -2.25. The fraction of sp³-hybridized carbons (Fsp3) is 0.308. The zero-order valence-corrected chi connectivity index (χ0v) is 19.5. The SMILES string of the molecule is CC1CCC(c2ccc(-c3cc(F)c(C(F)(F)Oc4cc(F)c(P)c(F)c4)c(F)c3)cc2)CC1. The zero-order valence-electron chi connectivity index (χ0n) is 18.4. The van der Waals surface area contributed by atoms with Gasteiger partial charge in [-0.05, 0) is 53.5 Å². The molecule has 1 fully saturated rings. The molecule has 1 saturated carbocycles. The van der Waals surface area contributed by atoms with Crippen LogP contribution in [-0.4, -0.2) is 0 Å². The van der Waals surface area contributed by atoms with E-state index < -0.39 is 46.0 Å². The Morgan fingerprint density at radius 2 is 1.29 bits per heavy atom. The molecule has 0 bridgehead atoms. The summed E-state index contributed by atoms with van der Waals surface area (Å²) < 4.78 is 90.1. The van der Waals surface area contributed by atoms with Crippen LogP contribution in [0.15, 0.2) is 48.5 Å². The average molecular weight is 496 g/mol. The molecular weight excluding hydrogens is 473 g/mol. The summed E-state index contributed by atoms with van der Waals surface area (Å²) >= 11 is 0.